The molecule has 0 radical (unpaired) electrons. The zero-order valence-corrected chi connectivity index (χ0v) is 18.5. The fraction of sp³-hybridized carbons (Fsp3) is 0.120. The minimum absolute atomic E-state index is 0.0637. The number of rotatable bonds is 6. The monoisotopic (exact) mass is 481 g/mol. The summed E-state index contributed by atoms with van der Waals surface area (Å²) < 4.78 is 44.2. The SMILES string of the molecule is Cc1cccc(NC(=O)/C(C#N)=C\c2cccc(Oc3ccc(C(F)(F)F)cc3[N+](=O)[O-])c2)c1C. The van der Waals surface area contributed by atoms with Crippen LogP contribution in [0.25, 0.3) is 6.08 Å². The molecule has 35 heavy (non-hydrogen) atoms. The van der Waals surface area contributed by atoms with Crippen molar-refractivity contribution in [1.82, 2.24) is 0 Å². The number of benzene rings is 3. The molecule has 3 aromatic rings. The lowest BCUT2D eigenvalue weighted by Gasteiger charge is -2.11. The summed E-state index contributed by atoms with van der Waals surface area (Å²) in [7, 11) is 0. The fourth-order valence-corrected chi connectivity index (χ4v) is 3.11. The lowest BCUT2D eigenvalue weighted by molar-refractivity contribution is -0.385. The molecule has 0 aliphatic rings. The van der Waals surface area contributed by atoms with Gasteiger partial charge >= 0.3 is 11.9 Å². The zero-order valence-electron chi connectivity index (χ0n) is 18.5. The number of hydrogen-bond acceptors (Lipinski definition) is 5. The van der Waals surface area contributed by atoms with Gasteiger partial charge in [0.1, 0.15) is 17.4 Å². The Morgan fingerprint density at radius 2 is 1.83 bits per heavy atom. The molecule has 0 bridgehead atoms. The molecule has 10 heteroatoms. The standard InChI is InChI=1S/C25H18F3N3O4/c1-15-5-3-8-21(16(15)2)30-24(32)18(14-29)11-17-6-4-7-20(12-17)35-23-10-9-19(25(26,27)28)13-22(23)31(33)34/h3-13H,1-2H3,(H,30,32)/b18-11-. The predicted molar refractivity (Wildman–Crippen MR) is 123 cm³/mol. The quantitative estimate of drug-likeness (QED) is 0.186. The van der Waals surface area contributed by atoms with Crippen molar-refractivity contribution in [2.24, 2.45) is 0 Å². The van der Waals surface area contributed by atoms with Crippen LogP contribution in [-0.4, -0.2) is 10.8 Å². The van der Waals surface area contributed by atoms with Crippen molar-refractivity contribution in [3.8, 4) is 17.6 Å². The number of aryl methyl sites for hydroxylation is 1. The highest BCUT2D eigenvalue weighted by molar-refractivity contribution is 6.10. The van der Waals surface area contributed by atoms with Gasteiger partial charge in [-0.15, -0.1) is 0 Å². The van der Waals surface area contributed by atoms with Crippen LogP contribution < -0.4 is 10.1 Å². The van der Waals surface area contributed by atoms with E-state index in [-0.39, 0.29) is 11.3 Å². The summed E-state index contributed by atoms with van der Waals surface area (Å²) in [6.07, 6.45) is -3.45. The molecule has 3 rings (SSSR count). The van der Waals surface area contributed by atoms with E-state index >= 15 is 0 Å². The van der Waals surface area contributed by atoms with Crippen molar-refractivity contribution in [2.75, 3.05) is 5.32 Å². The Kier molecular flexibility index (Phi) is 7.20. The van der Waals surface area contributed by atoms with Crippen molar-refractivity contribution in [2.45, 2.75) is 20.0 Å². The largest absolute Gasteiger partial charge is 0.450 e. The first-order chi connectivity index (χ1) is 16.5. The predicted octanol–water partition coefficient (Wildman–Crippen LogP) is 6.57. The summed E-state index contributed by atoms with van der Waals surface area (Å²) in [6.45, 7) is 3.72. The van der Waals surface area contributed by atoms with E-state index in [4.69, 9.17) is 4.74 Å². The number of nitro groups is 1. The van der Waals surface area contributed by atoms with E-state index in [2.05, 4.69) is 5.32 Å². The zero-order chi connectivity index (χ0) is 25.8. The molecule has 7 nitrogen and oxygen atoms in total. The first-order valence-corrected chi connectivity index (χ1v) is 10.1. The second-order valence-electron chi connectivity index (χ2n) is 7.48. The van der Waals surface area contributed by atoms with Crippen LogP contribution in [0.5, 0.6) is 11.5 Å². The molecule has 0 saturated heterocycles. The average Bonchev–Trinajstić information content (AvgIpc) is 2.80. The topological polar surface area (TPSA) is 105 Å². The van der Waals surface area contributed by atoms with Gasteiger partial charge in [-0.25, -0.2) is 0 Å². The molecule has 0 aliphatic heterocycles. The second kappa shape index (κ2) is 10.1. The van der Waals surface area contributed by atoms with Crippen LogP contribution in [0.15, 0.2) is 66.2 Å². The summed E-state index contributed by atoms with van der Waals surface area (Å²) >= 11 is 0. The van der Waals surface area contributed by atoms with Crippen molar-refractivity contribution in [3.05, 3.63) is 98.6 Å². The van der Waals surface area contributed by atoms with Crippen LogP contribution in [0, 0.1) is 35.3 Å². The van der Waals surface area contributed by atoms with Crippen LogP contribution in [0.1, 0.15) is 22.3 Å². The van der Waals surface area contributed by atoms with Gasteiger partial charge in [0.15, 0.2) is 0 Å². The Labute approximate surface area is 198 Å². The molecule has 0 spiro atoms. The van der Waals surface area contributed by atoms with Crippen LogP contribution in [0.2, 0.25) is 0 Å². The van der Waals surface area contributed by atoms with E-state index in [1.54, 1.807) is 18.2 Å². The Morgan fingerprint density at radius 3 is 2.49 bits per heavy atom. The summed E-state index contributed by atoms with van der Waals surface area (Å²) in [5, 5.41) is 23.4. The Bertz CT molecular complexity index is 1380. The highest BCUT2D eigenvalue weighted by atomic mass is 19.4. The molecule has 1 amide bonds. The molecule has 1 N–H and O–H groups in total. The van der Waals surface area contributed by atoms with Crippen molar-refractivity contribution in [3.63, 3.8) is 0 Å². The first kappa shape index (κ1) is 25.0. The smallest absolute Gasteiger partial charge is 0.416 e. The number of anilines is 1. The number of amides is 1. The van der Waals surface area contributed by atoms with E-state index in [1.165, 1.54) is 24.3 Å². The van der Waals surface area contributed by atoms with E-state index < -0.39 is 34.0 Å². The van der Waals surface area contributed by atoms with Gasteiger partial charge < -0.3 is 10.1 Å². The van der Waals surface area contributed by atoms with Crippen molar-refractivity contribution in [1.29, 1.82) is 5.26 Å². The van der Waals surface area contributed by atoms with Crippen LogP contribution >= 0.6 is 0 Å². The number of nitro benzene ring substituents is 1. The molecule has 0 aromatic heterocycles. The van der Waals surface area contributed by atoms with Crippen LogP contribution in [0.4, 0.5) is 24.5 Å². The minimum Gasteiger partial charge on any atom is -0.450 e. The molecular formula is C25H18F3N3O4. The molecule has 178 valence electrons. The van der Waals surface area contributed by atoms with Crippen LogP contribution in [0.3, 0.4) is 0 Å². The number of ether oxygens (including phenoxy) is 1. The maximum absolute atomic E-state index is 12.9. The number of nitrogens with one attached hydrogen (secondary N) is 1. The lowest BCUT2D eigenvalue weighted by atomic mass is 10.1. The minimum atomic E-state index is -4.75. The van der Waals surface area contributed by atoms with E-state index in [0.29, 0.717) is 23.4 Å². The number of hydrogen-bond donors (Lipinski definition) is 1. The number of carbonyl (C=O) groups excluding carboxylic acids is 1. The van der Waals surface area contributed by atoms with Gasteiger partial charge in [-0.1, -0.05) is 24.3 Å². The van der Waals surface area contributed by atoms with Gasteiger partial charge in [0, 0.05) is 11.8 Å². The third kappa shape index (κ3) is 6.03. The third-order valence-corrected chi connectivity index (χ3v) is 5.10. The van der Waals surface area contributed by atoms with Gasteiger partial charge in [-0.05, 0) is 66.9 Å². The Hall–Kier alpha value is -4.65. The highest BCUT2D eigenvalue weighted by Gasteiger charge is 2.33. The summed E-state index contributed by atoms with van der Waals surface area (Å²) in [6, 6.07) is 15.0. The summed E-state index contributed by atoms with van der Waals surface area (Å²) in [5.74, 6) is -0.961. The second-order valence-corrected chi connectivity index (χ2v) is 7.48. The Balaban J connectivity index is 1.87. The number of carbonyl (C=O) groups is 1. The number of halogens is 3. The van der Waals surface area contributed by atoms with E-state index in [1.807, 2.05) is 26.0 Å². The Morgan fingerprint density at radius 1 is 1.11 bits per heavy atom. The third-order valence-electron chi connectivity index (χ3n) is 5.10. The summed E-state index contributed by atoms with van der Waals surface area (Å²) in [5.41, 5.74) is 0.503. The molecule has 0 saturated carbocycles. The molecule has 0 fully saturated rings. The molecular weight excluding hydrogens is 463 g/mol. The maximum atomic E-state index is 12.9. The normalized spacial score (nSPS) is 11.5. The van der Waals surface area contributed by atoms with Gasteiger partial charge in [-0.3, -0.25) is 14.9 Å². The lowest BCUT2D eigenvalue weighted by Crippen LogP contribution is -2.14. The molecule has 0 atom stereocenters. The molecule has 0 aliphatic carbocycles. The highest BCUT2D eigenvalue weighted by Crippen LogP contribution is 2.38. The molecule has 3 aromatic carbocycles. The van der Waals surface area contributed by atoms with Gasteiger partial charge in [-0.2, -0.15) is 18.4 Å². The van der Waals surface area contributed by atoms with Gasteiger partial charge in [0.2, 0.25) is 5.75 Å². The number of nitriles is 1. The van der Waals surface area contributed by atoms with Crippen molar-refractivity contribution < 1.29 is 27.6 Å². The fourth-order valence-electron chi connectivity index (χ4n) is 3.11. The number of alkyl halides is 3. The maximum Gasteiger partial charge on any atom is 0.416 e. The molecule has 0 unspecified atom stereocenters. The number of nitrogens with zero attached hydrogens (tertiary/aromatic N) is 2. The first-order valence-electron chi connectivity index (χ1n) is 10.1. The molecule has 0 heterocycles. The van der Waals surface area contributed by atoms with Crippen molar-refractivity contribution >= 4 is 23.4 Å². The van der Waals surface area contributed by atoms with E-state index in [9.17, 15) is 33.3 Å². The van der Waals surface area contributed by atoms with Crippen LogP contribution in [-0.2, 0) is 11.0 Å². The van der Waals surface area contributed by atoms with E-state index in [0.717, 1.165) is 17.2 Å². The summed E-state index contributed by atoms with van der Waals surface area (Å²) in [4.78, 5) is 22.9. The average molecular weight is 481 g/mol. The van der Waals surface area contributed by atoms with Gasteiger partial charge in [0.25, 0.3) is 5.91 Å². The van der Waals surface area contributed by atoms with Gasteiger partial charge in [0.05, 0.1) is 10.5 Å².